The van der Waals surface area contributed by atoms with E-state index in [4.69, 9.17) is 9.97 Å². The quantitative estimate of drug-likeness (QED) is 0.283. The zero-order valence-electron chi connectivity index (χ0n) is 19.6. The van der Waals surface area contributed by atoms with Crippen LogP contribution in [0.1, 0.15) is 5.82 Å². The number of nitrogens with zero attached hydrogens (tertiary/aromatic N) is 6. The molecule has 37 heavy (non-hydrogen) atoms. The number of aromatic nitrogens is 7. The van der Waals surface area contributed by atoms with E-state index >= 15 is 0 Å². The molecule has 0 spiro atoms. The number of aromatic amines is 1. The van der Waals surface area contributed by atoms with Crippen molar-refractivity contribution in [2.45, 2.75) is 6.54 Å². The van der Waals surface area contributed by atoms with E-state index in [0.29, 0.717) is 29.5 Å². The van der Waals surface area contributed by atoms with Crippen LogP contribution in [0.5, 0.6) is 0 Å². The minimum absolute atomic E-state index is 0.458. The molecule has 178 valence electrons. The molecule has 0 saturated carbocycles. The fourth-order valence-corrected chi connectivity index (χ4v) is 4.40. The highest BCUT2D eigenvalue weighted by Crippen LogP contribution is 2.26. The molecule has 0 bridgehead atoms. The van der Waals surface area contributed by atoms with Gasteiger partial charge in [-0.25, -0.2) is 9.97 Å². The maximum atomic E-state index is 4.84. The second-order valence-corrected chi connectivity index (χ2v) is 8.61. The van der Waals surface area contributed by atoms with Crippen LogP contribution in [0.4, 0.5) is 17.5 Å². The standard InChI is InChI=1S/C28H21N9/c1-2-8-20(9-3-1)37-17-31-25-26(30-16-24-33-22-10-4-5-11-23(22)34-24)35-28(36-27(25)37)32-19-12-13-21-18(15-19)7-6-14-29-21/h1-15,17H,16H2,(H,33,34)(H2,30,32,35,36). The maximum absolute atomic E-state index is 4.84. The van der Waals surface area contributed by atoms with Gasteiger partial charge in [-0.1, -0.05) is 36.4 Å². The predicted molar refractivity (Wildman–Crippen MR) is 145 cm³/mol. The molecule has 0 fully saturated rings. The summed E-state index contributed by atoms with van der Waals surface area (Å²) < 4.78 is 1.96. The minimum Gasteiger partial charge on any atom is -0.361 e. The Bertz CT molecular complexity index is 1840. The SMILES string of the molecule is c1ccc(-n2cnc3c(NCc4nc5ccccc5[nH]4)nc(Nc4ccc5ncccc5c4)nc32)cc1. The number of para-hydroxylation sites is 3. The van der Waals surface area contributed by atoms with Gasteiger partial charge in [0.1, 0.15) is 12.2 Å². The normalized spacial score (nSPS) is 11.4. The number of imidazole rings is 2. The molecule has 3 aromatic carbocycles. The average molecular weight is 484 g/mol. The lowest BCUT2D eigenvalue weighted by molar-refractivity contribution is 0.996. The summed E-state index contributed by atoms with van der Waals surface area (Å²) in [7, 11) is 0. The van der Waals surface area contributed by atoms with Crippen molar-refractivity contribution in [1.29, 1.82) is 0 Å². The van der Waals surface area contributed by atoms with Gasteiger partial charge in [0.05, 0.1) is 23.1 Å². The van der Waals surface area contributed by atoms with E-state index in [1.807, 2.05) is 89.5 Å². The van der Waals surface area contributed by atoms with Crippen LogP contribution in [-0.4, -0.2) is 34.5 Å². The largest absolute Gasteiger partial charge is 0.361 e. The number of hydrogen-bond acceptors (Lipinski definition) is 7. The van der Waals surface area contributed by atoms with E-state index in [2.05, 4.69) is 30.6 Å². The maximum Gasteiger partial charge on any atom is 0.231 e. The van der Waals surface area contributed by atoms with Gasteiger partial charge < -0.3 is 15.6 Å². The first-order valence-corrected chi connectivity index (χ1v) is 11.9. The fourth-order valence-electron chi connectivity index (χ4n) is 4.40. The van der Waals surface area contributed by atoms with Crippen LogP contribution in [0.3, 0.4) is 0 Å². The zero-order chi connectivity index (χ0) is 24.6. The number of hydrogen-bond donors (Lipinski definition) is 3. The Hall–Kier alpha value is -5.31. The van der Waals surface area contributed by atoms with E-state index in [0.717, 1.165) is 39.1 Å². The Morgan fingerprint density at radius 3 is 2.59 bits per heavy atom. The molecule has 4 aromatic heterocycles. The van der Waals surface area contributed by atoms with Crippen LogP contribution in [0, 0.1) is 0 Å². The van der Waals surface area contributed by atoms with Crippen LogP contribution >= 0.6 is 0 Å². The Morgan fingerprint density at radius 1 is 0.784 bits per heavy atom. The lowest BCUT2D eigenvalue weighted by Crippen LogP contribution is -2.07. The Balaban J connectivity index is 1.28. The van der Waals surface area contributed by atoms with E-state index in [9.17, 15) is 0 Å². The van der Waals surface area contributed by atoms with E-state index < -0.39 is 0 Å². The van der Waals surface area contributed by atoms with Gasteiger partial charge >= 0.3 is 0 Å². The molecule has 7 aromatic rings. The van der Waals surface area contributed by atoms with Gasteiger partial charge in [0.2, 0.25) is 5.95 Å². The van der Waals surface area contributed by atoms with Crippen LogP contribution in [0.2, 0.25) is 0 Å². The van der Waals surface area contributed by atoms with E-state index in [1.165, 1.54) is 0 Å². The summed E-state index contributed by atoms with van der Waals surface area (Å²) in [5.74, 6) is 1.89. The van der Waals surface area contributed by atoms with Crippen molar-refractivity contribution in [3.63, 3.8) is 0 Å². The van der Waals surface area contributed by atoms with E-state index in [-0.39, 0.29) is 0 Å². The molecule has 0 atom stereocenters. The van der Waals surface area contributed by atoms with Crippen molar-refractivity contribution in [1.82, 2.24) is 34.5 Å². The molecule has 0 aliphatic heterocycles. The number of H-pyrrole nitrogens is 1. The molecule has 3 N–H and O–H groups in total. The molecule has 0 unspecified atom stereocenters. The molecule has 0 saturated heterocycles. The topological polar surface area (TPSA) is 109 Å². The molecule has 7 rings (SSSR count). The molecular weight excluding hydrogens is 462 g/mol. The highest BCUT2D eigenvalue weighted by molar-refractivity contribution is 5.87. The summed E-state index contributed by atoms with van der Waals surface area (Å²) in [6.07, 6.45) is 3.56. The summed E-state index contributed by atoms with van der Waals surface area (Å²) >= 11 is 0. The first-order chi connectivity index (χ1) is 18.3. The van der Waals surface area contributed by atoms with Crippen LogP contribution in [0.25, 0.3) is 38.8 Å². The molecule has 0 amide bonds. The first-order valence-electron chi connectivity index (χ1n) is 11.9. The Morgan fingerprint density at radius 2 is 1.68 bits per heavy atom. The number of pyridine rings is 1. The van der Waals surface area contributed by atoms with Crippen molar-refractivity contribution in [2.24, 2.45) is 0 Å². The number of rotatable bonds is 6. The lowest BCUT2D eigenvalue weighted by atomic mass is 10.2. The Labute approximate surface area is 211 Å². The molecule has 9 heteroatoms. The minimum atomic E-state index is 0.458. The number of benzene rings is 3. The highest BCUT2D eigenvalue weighted by atomic mass is 15.2. The fraction of sp³-hybridized carbons (Fsp3) is 0.0357. The molecule has 0 aliphatic carbocycles. The number of fused-ring (bicyclic) bond motifs is 3. The van der Waals surface area contributed by atoms with Gasteiger partial charge in [0, 0.05) is 23.0 Å². The van der Waals surface area contributed by atoms with Gasteiger partial charge in [-0.2, -0.15) is 9.97 Å². The molecule has 4 heterocycles. The third-order valence-corrected chi connectivity index (χ3v) is 6.15. The summed E-state index contributed by atoms with van der Waals surface area (Å²) in [4.78, 5) is 26.7. The van der Waals surface area contributed by atoms with Crippen LogP contribution in [-0.2, 0) is 6.54 Å². The number of anilines is 3. The van der Waals surface area contributed by atoms with Gasteiger partial charge in [-0.3, -0.25) is 9.55 Å². The average Bonchev–Trinajstić information content (AvgIpc) is 3.56. The lowest BCUT2D eigenvalue weighted by Gasteiger charge is -2.11. The predicted octanol–water partition coefficient (Wildman–Crippen LogP) is 5.60. The summed E-state index contributed by atoms with van der Waals surface area (Å²) in [5.41, 5.74) is 6.05. The highest BCUT2D eigenvalue weighted by Gasteiger charge is 2.15. The van der Waals surface area contributed by atoms with Crippen LogP contribution < -0.4 is 10.6 Å². The number of nitrogens with one attached hydrogen (secondary N) is 3. The molecule has 0 radical (unpaired) electrons. The third-order valence-electron chi connectivity index (χ3n) is 6.15. The molecule has 9 nitrogen and oxygen atoms in total. The summed E-state index contributed by atoms with van der Waals surface area (Å²) in [6, 6.07) is 27.9. The Kier molecular flexibility index (Phi) is 4.95. The van der Waals surface area contributed by atoms with Crippen molar-refractivity contribution < 1.29 is 0 Å². The summed E-state index contributed by atoms with van der Waals surface area (Å²) in [5, 5.41) is 7.81. The summed E-state index contributed by atoms with van der Waals surface area (Å²) in [6.45, 7) is 0.458. The smallest absolute Gasteiger partial charge is 0.231 e. The van der Waals surface area contributed by atoms with Crippen LogP contribution in [0.15, 0.2) is 97.5 Å². The van der Waals surface area contributed by atoms with Crippen molar-refractivity contribution >= 4 is 50.6 Å². The zero-order valence-corrected chi connectivity index (χ0v) is 19.6. The van der Waals surface area contributed by atoms with Gasteiger partial charge in [-0.05, 0) is 48.5 Å². The van der Waals surface area contributed by atoms with Crippen molar-refractivity contribution in [3.05, 3.63) is 103 Å². The van der Waals surface area contributed by atoms with Gasteiger partial charge in [0.15, 0.2) is 17.0 Å². The first kappa shape index (κ1) is 21.0. The second-order valence-electron chi connectivity index (χ2n) is 8.61. The molecular formula is C28H21N9. The van der Waals surface area contributed by atoms with E-state index in [1.54, 1.807) is 12.5 Å². The van der Waals surface area contributed by atoms with Gasteiger partial charge in [-0.15, -0.1) is 0 Å². The molecule has 0 aliphatic rings. The monoisotopic (exact) mass is 483 g/mol. The van der Waals surface area contributed by atoms with Gasteiger partial charge in [0.25, 0.3) is 0 Å². The van der Waals surface area contributed by atoms with Crippen molar-refractivity contribution in [2.75, 3.05) is 10.6 Å². The third kappa shape index (κ3) is 3.98. The second kappa shape index (κ2) is 8.72. The van der Waals surface area contributed by atoms with Crippen molar-refractivity contribution in [3.8, 4) is 5.69 Å².